The number of likely N-dealkylation sites (N-methyl/N-ethyl adjacent to an activating group) is 1. The van der Waals surface area contributed by atoms with E-state index in [0.717, 1.165) is 23.1 Å². The molecule has 0 aliphatic carbocycles. The Morgan fingerprint density at radius 3 is 2.56 bits per heavy atom. The average Bonchev–Trinajstić information content (AvgIpc) is 2.61. The molecule has 5 nitrogen and oxygen atoms in total. The molecule has 0 radical (unpaired) electrons. The quantitative estimate of drug-likeness (QED) is 0.750. The van der Waals surface area contributed by atoms with E-state index in [1.54, 1.807) is 6.07 Å². The van der Waals surface area contributed by atoms with Crippen LogP contribution in [0.15, 0.2) is 60.7 Å². The highest BCUT2D eigenvalue weighted by Crippen LogP contribution is 2.23. The number of rotatable bonds is 6. The number of nitrogens with one attached hydrogen (secondary N) is 1. The van der Waals surface area contributed by atoms with Crippen LogP contribution in [0.25, 0.3) is 10.9 Å². The first-order valence-electron chi connectivity index (χ1n) is 8.17. The second kappa shape index (κ2) is 7.77. The van der Waals surface area contributed by atoms with Crippen molar-refractivity contribution in [3.8, 4) is 5.88 Å². The van der Waals surface area contributed by atoms with Crippen molar-refractivity contribution in [1.82, 2.24) is 9.88 Å². The lowest BCUT2D eigenvalue weighted by Crippen LogP contribution is -2.20. The largest absolute Gasteiger partial charge is 0.476 e. The van der Waals surface area contributed by atoms with Gasteiger partial charge in [0.25, 0.3) is 5.91 Å². The van der Waals surface area contributed by atoms with Crippen molar-refractivity contribution >= 4 is 22.5 Å². The fourth-order valence-corrected chi connectivity index (χ4v) is 2.47. The maximum absolute atomic E-state index is 12.8. The number of anilines is 1. The summed E-state index contributed by atoms with van der Waals surface area (Å²) in [5, 5.41) is 3.72. The Hall–Kier alpha value is -2.92. The average molecular weight is 335 g/mol. The molecule has 1 heterocycles. The molecule has 0 saturated heterocycles. The number of para-hydroxylation sites is 2. The molecule has 3 rings (SSSR count). The van der Waals surface area contributed by atoms with Crippen molar-refractivity contribution in [3.05, 3.63) is 66.2 Å². The zero-order chi connectivity index (χ0) is 17.6. The van der Waals surface area contributed by atoms with E-state index >= 15 is 0 Å². The molecular weight excluding hydrogens is 314 g/mol. The minimum absolute atomic E-state index is 0.178. The number of fused-ring (bicyclic) bond motifs is 1. The summed E-state index contributed by atoms with van der Waals surface area (Å²) < 4.78 is 5.73. The zero-order valence-corrected chi connectivity index (χ0v) is 14.4. The van der Waals surface area contributed by atoms with Crippen LogP contribution in [0, 0.1) is 0 Å². The minimum Gasteiger partial charge on any atom is -0.476 e. The molecule has 1 amide bonds. The molecule has 0 fully saturated rings. The third-order valence-electron chi connectivity index (χ3n) is 3.76. The Bertz CT molecular complexity index is 863. The van der Waals surface area contributed by atoms with Crippen molar-refractivity contribution in [1.29, 1.82) is 0 Å². The molecule has 0 aliphatic heterocycles. The molecule has 5 heteroatoms. The number of pyridine rings is 1. The monoisotopic (exact) mass is 335 g/mol. The SMILES string of the molecule is CN(C)CCOc1cc(C(=O)Nc2ccccc2)c2ccccc2n1. The van der Waals surface area contributed by atoms with E-state index in [-0.39, 0.29) is 5.91 Å². The van der Waals surface area contributed by atoms with Crippen molar-refractivity contribution in [2.24, 2.45) is 0 Å². The predicted octanol–water partition coefficient (Wildman–Crippen LogP) is 3.43. The Kier molecular flexibility index (Phi) is 5.26. The van der Waals surface area contributed by atoms with Gasteiger partial charge in [-0.15, -0.1) is 0 Å². The van der Waals surface area contributed by atoms with Crippen molar-refractivity contribution < 1.29 is 9.53 Å². The second-order valence-electron chi connectivity index (χ2n) is 6.00. The molecular formula is C20H21N3O2. The van der Waals surface area contributed by atoms with Gasteiger partial charge in [0.15, 0.2) is 0 Å². The van der Waals surface area contributed by atoms with Gasteiger partial charge in [0.2, 0.25) is 5.88 Å². The summed E-state index contributed by atoms with van der Waals surface area (Å²) in [6.07, 6.45) is 0. The topological polar surface area (TPSA) is 54.5 Å². The van der Waals surface area contributed by atoms with Crippen LogP contribution in [0.2, 0.25) is 0 Å². The summed E-state index contributed by atoms with van der Waals surface area (Å²) in [7, 11) is 3.96. The molecule has 0 bridgehead atoms. The van der Waals surface area contributed by atoms with Crippen LogP contribution in [0.4, 0.5) is 5.69 Å². The fourth-order valence-electron chi connectivity index (χ4n) is 2.47. The van der Waals surface area contributed by atoms with Crippen molar-refractivity contribution in [2.45, 2.75) is 0 Å². The zero-order valence-electron chi connectivity index (χ0n) is 14.4. The van der Waals surface area contributed by atoms with Gasteiger partial charge in [0.1, 0.15) is 6.61 Å². The lowest BCUT2D eigenvalue weighted by Gasteiger charge is -2.13. The minimum atomic E-state index is -0.178. The number of aromatic nitrogens is 1. The lowest BCUT2D eigenvalue weighted by molar-refractivity contribution is 0.102. The Balaban J connectivity index is 1.90. The van der Waals surface area contributed by atoms with Crippen molar-refractivity contribution in [2.75, 3.05) is 32.6 Å². The van der Waals surface area contributed by atoms with Gasteiger partial charge in [-0.05, 0) is 32.3 Å². The smallest absolute Gasteiger partial charge is 0.256 e. The summed E-state index contributed by atoms with van der Waals surface area (Å²) in [5.41, 5.74) is 2.04. The van der Waals surface area contributed by atoms with Gasteiger partial charge >= 0.3 is 0 Å². The van der Waals surface area contributed by atoms with E-state index < -0.39 is 0 Å². The lowest BCUT2D eigenvalue weighted by atomic mass is 10.1. The number of ether oxygens (including phenoxy) is 1. The van der Waals surface area contributed by atoms with Gasteiger partial charge in [-0.2, -0.15) is 0 Å². The third kappa shape index (κ3) is 4.33. The first kappa shape index (κ1) is 16.9. The number of amides is 1. The molecule has 0 atom stereocenters. The Labute approximate surface area is 147 Å². The number of nitrogens with zero attached hydrogens (tertiary/aromatic N) is 2. The molecule has 0 aliphatic rings. The standard InChI is InChI=1S/C20H21N3O2/c1-23(2)12-13-25-19-14-17(16-10-6-7-11-18(16)22-19)20(24)21-15-8-4-3-5-9-15/h3-11,14H,12-13H2,1-2H3,(H,21,24). The fraction of sp³-hybridized carbons (Fsp3) is 0.200. The highest BCUT2D eigenvalue weighted by molar-refractivity contribution is 6.12. The first-order chi connectivity index (χ1) is 12.1. The number of carbonyl (C=O) groups is 1. The Morgan fingerprint density at radius 1 is 1.08 bits per heavy atom. The van der Waals surface area contributed by atoms with E-state index in [4.69, 9.17) is 4.74 Å². The summed E-state index contributed by atoms with van der Waals surface area (Å²) in [6.45, 7) is 1.29. The van der Waals surface area contributed by atoms with Crippen LogP contribution in [0.3, 0.4) is 0 Å². The van der Waals surface area contributed by atoms with Crippen LogP contribution >= 0.6 is 0 Å². The van der Waals surface area contributed by atoms with Crippen LogP contribution < -0.4 is 10.1 Å². The number of hydrogen-bond donors (Lipinski definition) is 1. The van der Waals surface area contributed by atoms with Crippen LogP contribution in [-0.2, 0) is 0 Å². The maximum Gasteiger partial charge on any atom is 0.256 e. The molecule has 0 unspecified atom stereocenters. The summed E-state index contributed by atoms with van der Waals surface area (Å²) in [4.78, 5) is 19.3. The predicted molar refractivity (Wildman–Crippen MR) is 100 cm³/mol. The van der Waals surface area contributed by atoms with Gasteiger partial charge in [0, 0.05) is 23.7 Å². The van der Waals surface area contributed by atoms with E-state index in [2.05, 4.69) is 10.3 Å². The third-order valence-corrected chi connectivity index (χ3v) is 3.76. The highest BCUT2D eigenvalue weighted by atomic mass is 16.5. The van der Waals surface area contributed by atoms with E-state index in [0.29, 0.717) is 18.1 Å². The summed E-state index contributed by atoms with van der Waals surface area (Å²) in [6, 6.07) is 18.7. The van der Waals surface area contributed by atoms with Gasteiger partial charge in [-0.25, -0.2) is 4.98 Å². The van der Waals surface area contributed by atoms with Crippen LogP contribution in [-0.4, -0.2) is 43.0 Å². The van der Waals surface area contributed by atoms with Gasteiger partial charge < -0.3 is 15.0 Å². The van der Waals surface area contributed by atoms with E-state index in [9.17, 15) is 4.79 Å². The number of benzene rings is 2. The van der Waals surface area contributed by atoms with Gasteiger partial charge in [-0.1, -0.05) is 36.4 Å². The van der Waals surface area contributed by atoms with Crippen molar-refractivity contribution in [3.63, 3.8) is 0 Å². The second-order valence-corrected chi connectivity index (χ2v) is 6.00. The number of carbonyl (C=O) groups excluding carboxylic acids is 1. The highest BCUT2D eigenvalue weighted by Gasteiger charge is 2.14. The number of hydrogen-bond acceptors (Lipinski definition) is 4. The Morgan fingerprint density at radius 2 is 1.80 bits per heavy atom. The summed E-state index contributed by atoms with van der Waals surface area (Å²) >= 11 is 0. The van der Waals surface area contributed by atoms with Gasteiger partial charge in [-0.3, -0.25) is 4.79 Å². The normalized spacial score (nSPS) is 10.8. The molecule has 0 saturated carbocycles. The van der Waals surface area contributed by atoms with E-state index in [1.165, 1.54) is 0 Å². The molecule has 25 heavy (non-hydrogen) atoms. The molecule has 2 aromatic carbocycles. The molecule has 128 valence electrons. The van der Waals surface area contributed by atoms with E-state index in [1.807, 2.05) is 73.6 Å². The first-order valence-corrected chi connectivity index (χ1v) is 8.17. The van der Waals surface area contributed by atoms with Gasteiger partial charge in [0.05, 0.1) is 11.1 Å². The maximum atomic E-state index is 12.8. The summed E-state index contributed by atoms with van der Waals surface area (Å²) in [5.74, 6) is 0.279. The van der Waals surface area contributed by atoms with Crippen LogP contribution in [0.5, 0.6) is 5.88 Å². The molecule has 0 spiro atoms. The van der Waals surface area contributed by atoms with Crippen LogP contribution in [0.1, 0.15) is 10.4 Å². The molecule has 3 aromatic rings. The molecule has 1 N–H and O–H groups in total. The molecule has 1 aromatic heterocycles.